The summed E-state index contributed by atoms with van der Waals surface area (Å²) in [6.07, 6.45) is 0.476. The number of aliphatic hydroxyl groups excluding tert-OH is 1. The summed E-state index contributed by atoms with van der Waals surface area (Å²) in [4.78, 5) is 13.4. The van der Waals surface area contributed by atoms with Crippen molar-refractivity contribution in [2.75, 3.05) is 13.1 Å². The minimum Gasteiger partial charge on any atom is -0.383 e. The first-order valence-corrected chi connectivity index (χ1v) is 8.04. The number of benzene rings is 1. The first kappa shape index (κ1) is 17.5. The van der Waals surface area contributed by atoms with Crippen molar-refractivity contribution in [3.8, 4) is 6.07 Å². The number of carbonyl (C=O) groups excluding carboxylic acids is 1. The molecule has 0 bridgehead atoms. The average molecular weight is 315 g/mol. The van der Waals surface area contributed by atoms with Crippen LogP contribution < -0.4 is 5.73 Å². The van der Waals surface area contributed by atoms with Gasteiger partial charge >= 0.3 is 0 Å². The average Bonchev–Trinajstić information content (AvgIpc) is 2.55. The van der Waals surface area contributed by atoms with Gasteiger partial charge in [0.1, 0.15) is 6.10 Å². The van der Waals surface area contributed by atoms with Crippen LogP contribution in [0, 0.1) is 17.2 Å². The second kappa shape index (κ2) is 7.12. The lowest BCUT2D eigenvalue weighted by molar-refractivity contribution is -0.129. The molecule has 1 atom stereocenters. The zero-order chi connectivity index (χ0) is 17.0. The number of nitrogens with two attached hydrogens (primary N) is 1. The molecule has 0 saturated carbocycles. The largest absolute Gasteiger partial charge is 0.383 e. The van der Waals surface area contributed by atoms with E-state index in [9.17, 15) is 15.2 Å². The zero-order valence-corrected chi connectivity index (χ0v) is 13.8. The predicted octanol–water partition coefficient (Wildman–Crippen LogP) is 1.55. The van der Waals surface area contributed by atoms with Gasteiger partial charge in [0.05, 0.1) is 11.5 Å². The third kappa shape index (κ3) is 4.10. The Morgan fingerprint density at radius 1 is 1.43 bits per heavy atom. The summed E-state index contributed by atoms with van der Waals surface area (Å²) >= 11 is 0. The van der Waals surface area contributed by atoms with Gasteiger partial charge in [0.2, 0.25) is 5.91 Å². The molecule has 1 aromatic carbocycles. The van der Waals surface area contributed by atoms with Crippen molar-refractivity contribution < 1.29 is 9.90 Å². The first-order chi connectivity index (χ1) is 10.8. The number of nitriles is 1. The molecule has 0 aliphatic carbocycles. The Hall–Kier alpha value is -1.90. The second-order valence-electron chi connectivity index (χ2n) is 6.85. The number of hydrogen-bond acceptors (Lipinski definition) is 4. The minimum absolute atomic E-state index is 0.0467. The molecule has 1 aliphatic rings. The molecule has 5 nitrogen and oxygen atoms in total. The number of hydrogen-bond donors (Lipinski definition) is 2. The van der Waals surface area contributed by atoms with Crippen LogP contribution in [0.2, 0.25) is 0 Å². The molecule has 5 heteroatoms. The standard InChI is InChI=1S/C18H25N3O2/c1-18(2,12-19)15-6-4-3-5-14(15)11-21-9-7-13(8-10-21)16(22)17(20)23/h3-6,13,16,22H,7-11H2,1-2H3,(H2,20,23)/t16-/m0/s1. The van der Waals surface area contributed by atoms with Crippen molar-refractivity contribution in [1.29, 1.82) is 5.26 Å². The Kier molecular flexibility index (Phi) is 5.40. The molecule has 124 valence electrons. The van der Waals surface area contributed by atoms with Crippen LogP contribution in [0.1, 0.15) is 37.8 Å². The molecule has 1 saturated heterocycles. The summed E-state index contributed by atoms with van der Waals surface area (Å²) in [6.45, 7) is 6.27. The molecule has 23 heavy (non-hydrogen) atoms. The van der Waals surface area contributed by atoms with Crippen LogP contribution in [0.15, 0.2) is 24.3 Å². The maximum atomic E-state index is 11.1. The van der Waals surface area contributed by atoms with E-state index in [1.807, 2.05) is 32.0 Å². The fourth-order valence-electron chi connectivity index (χ4n) is 3.23. The summed E-state index contributed by atoms with van der Waals surface area (Å²) in [5.41, 5.74) is 6.88. The van der Waals surface area contributed by atoms with Crippen LogP contribution in [-0.4, -0.2) is 35.1 Å². The smallest absolute Gasteiger partial charge is 0.246 e. The highest BCUT2D eigenvalue weighted by atomic mass is 16.3. The lowest BCUT2D eigenvalue weighted by atomic mass is 9.83. The number of primary amides is 1. The van der Waals surface area contributed by atoms with Crippen molar-refractivity contribution in [1.82, 2.24) is 4.90 Å². The van der Waals surface area contributed by atoms with Crippen LogP contribution in [0.5, 0.6) is 0 Å². The van der Waals surface area contributed by atoms with Gasteiger partial charge < -0.3 is 10.8 Å². The van der Waals surface area contributed by atoms with Gasteiger partial charge in [0, 0.05) is 6.54 Å². The third-order valence-corrected chi connectivity index (χ3v) is 4.73. The maximum absolute atomic E-state index is 11.1. The Balaban J connectivity index is 2.03. The number of piperidine rings is 1. The van der Waals surface area contributed by atoms with Crippen LogP contribution in [0.3, 0.4) is 0 Å². The van der Waals surface area contributed by atoms with Gasteiger partial charge in [-0.1, -0.05) is 24.3 Å². The van der Waals surface area contributed by atoms with Gasteiger partial charge in [0.25, 0.3) is 0 Å². The third-order valence-electron chi connectivity index (χ3n) is 4.73. The Bertz CT molecular complexity index is 599. The molecule has 1 aromatic rings. The van der Waals surface area contributed by atoms with E-state index in [1.165, 1.54) is 0 Å². The monoisotopic (exact) mass is 315 g/mol. The SMILES string of the molecule is CC(C)(C#N)c1ccccc1CN1CCC([C@H](O)C(N)=O)CC1. The summed E-state index contributed by atoms with van der Waals surface area (Å²) in [6, 6.07) is 10.4. The van der Waals surface area contributed by atoms with Crippen molar-refractivity contribution in [2.24, 2.45) is 11.7 Å². The van der Waals surface area contributed by atoms with E-state index in [1.54, 1.807) is 0 Å². The van der Waals surface area contributed by atoms with Gasteiger partial charge in [-0.05, 0) is 56.8 Å². The number of rotatable bonds is 5. The molecule has 1 amide bonds. The zero-order valence-electron chi connectivity index (χ0n) is 13.8. The van der Waals surface area contributed by atoms with Gasteiger partial charge in [-0.2, -0.15) is 5.26 Å². The molecule has 0 aromatic heterocycles. The number of likely N-dealkylation sites (tertiary alicyclic amines) is 1. The number of carbonyl (C=O) groups is 1. The van der Waals surface area contributed by atoms with Crippen molar-refractivity contribution >= 4 is 5.91 Å². The molecule has 1 aliphatic heterocycles. The molecule has 3 N–H and O–H groups in total. The quantitative estimate of drug-likeness (QED) is 0.862. The fourth-order valence-corrected chi connectivity index (χ4v) is 3.23. The van der Waals surface area contributed by atoms with E-state index in [4.69, 9.17) is 5.73 Å². The highest BCUT2D eigenvalue weighted by molar-refractivity contribution is 5.78. The number of amides is 1. The summed E-state index contributed by atoms with van der Waals surface area (Å²) in [5, 5.41) is 19.2. The first-order valence-electron chi connectivity index (χ1n) is 8.04. The van der Waals surface area contributed by atoms with Crippen LogP contribution in [0.25, 0.3) is 0 Å². The van der Waals surface area contributed by atoms with E-state index in [-0.39, 0.29) is 5.92 Å². The van der Waals surface area contributed by atoms with E-state index in [0.717, 1.165) is 43.6 Å². The predicted molar refractivity (Wildman–Crippen MR) is 88.3 cm³/mol. The number of aliphatic hydroxyl groups is 1. The Morgan fingerprint density at radius 3 is 2.61 bits per heavy atom. The van der Waals surface area contributed by atoms with Gasteiger partial charge in [-0.3, -0.25) is 9.69 Å². The number of nitrogens with zero attached hydrogens (tertiary/aromatic N) is 2. The van der Waals surface area contributed by atoms with E-state index >= 15 is 0 Å². The van der Waals surface area contributed by atoms with Gasteiger partial charge in [-0.15, -0.1) is 0 Å². The van der Waals surface area contributed by atoms with Gasteiger partial charge in [-0.25, -0.2) is 0 Å². The van der Waals surface area contributed by atoms with Gasteiger partial charge in [0.15, 0.2) is 0 Å². The molecular formula is C18H25N3O2. The summed E-state index contributed by atoms with van der Waals surface area (Å²) < 4.78 is 0. The second-order valence-corrected chi connectivity index (χ2v) is 6.85. The molecular weight excluding hydrogens is 290 g/mol. The fraction of sp³-hybridized carbons (Fsp3) is 0.556. The minimum atomic E-state index is -1.04. The Labute approximate surface area is 137 Å². The molecule has 1 fully saturated rings. The highest BCUT2D eigenvalue weighted by Gasteiger charge is 2.29. The molecule has 0 unspecified atom stereocenters. The van der Waals surface area contributed by atoms with Crippen LogP contribution in [-0.2, 0) is 16.8 Å². The van der Waals surface area contributed by atoms with Crippen molar-refractivity contribution in [2.45, 2.75) is 44.8 Å². The lowest BCUT2D eigenvalue weighted by Crippen LogP contribution is -2.42. The van der Waals surface area contributed by atoms with E-state index in [0.29, 0.717) is 0 Å². The highest BCUT2D eigenvalue weighted by Crippen LogP contribution is 2.28. The topological polar surface area (TPSA) is 90.3 Å². The summed E-state index contributed by atoms with van der Waals surface area (Å²) in [5.74, 6) is -0.681. The normalized spacial score (nSPS) is 18.3. The van der Waals surface area contributed by atoms with E-state index < -0.39 is 17.4 Å². The molecule has 0 radical (unpaired) electrons. The van der Waals surface area contributed by atoms with Crippen molar-refractivity contribution in [3.05, 3.63) is 35.4 Å². The van der Waals surface area contributed by atoms with Crippen LogP contribution >= 0.6 is 0 Å². The van der Waals surface area contributed by atoms with Crippen LogP contribution in [0.4, 0.5) is 0 Å². The molecule has 2 rings (SSSR count). The maximum Gasteiger partial charge on any atom is 0.246 e. The molecule has 1 heterocycles. The molecule has 0 spiro atoms. The summed E-state index contributed by atoms with van der Waals surface area (Å²) in [7, 11) is 0. The lowest BCUT2D eigenvalue weighted by Gasteiger charge is -2.34. The Morgan fingerprint density at radius 2 is 2.04 bits per heavy atom. The van der Waals surface area contributed by atoms with E-state index in [2.05, 4.69) is 17.0 Å². The van der Waals surface area contributed by atoms with Crippen molar-refractivity contribution in [3.63, 3.8) is 0 Å².